The summed E-state index contributed by atoms with van der Waals surface area (Å²) in [6.45, 7) is 11.7. The number of anilines is 3. The molecule has 3 aliphatic rings. The molecule has 0 spiro atoms. The van der Waals surface area contributed by atoms with Gasteiger partial charge in [0, 0.05) is 0 Å². The SMILES string of the molecule is C.C.CCOC(=O)CC1OB(O)c2cc(Oc3nnc(N)s3)cc(C)c21.CCOC(=O)C[C@@H]1OB(O)c2cc(Oc3nnc(N)s3)cc(C)c21.CCOC(=O)C[C@H]1OB(O)c2cc(Oc3nnc(N)s3)cc(C)c21. The van der Waals surface area contributed by atoms with Crippen LogP contribution < -0.4 is 47.8 Å². The lowest BCUT2D eigenvalue weighted by Gasteiger charge is -2.14. The Morgan fingerprint density at radius 1 is 0.500 bits per heavy atom. The van der Waals surface area contributed by atoms with Gasteiger partial charge in [-0.05, 0) is 162 Å². The predicted molar refractivity (Wildman–Crippen MR) is 278 cm³/mol. The van der Waals surface area contributed by atoms with Crippen LogP contribution in [0.2, 0.25) is 0 Å². The van der Waals surface area contributed by atoms with E-state index in [1.165, 1.54) is 0 Å². The third-order valence-corrected chi connectivity index (χ3v) is 12.6. The van der Waals surface area contributed by atoms with E-state index in [-0.39, 0.29) is 52.0 Å². The number of carbonyl (C=O) groups is 3. The van der Waals surface area contributed by atoms with Crippen LogP contribution >= 0.6 is 34.0 Å². The fourth-order valence-corrected chi connectivity index (χ4v) is 9.47. The highest BCUT2D eigenvalue weighted by molar-refractivity contribution is 7.17. The van der Waals surface area contributed by atoms with E-state index in [1.54, 1.807) is 57.2 Å². The maximum Gasteiger partial charge on any atom is 0.492 e. The molecule has 0 fully saturated rings. The Morgan fingerprint density at radius 2 is 0.757 bits per heavy atom. The number of rotatable bonds is 15. The van der Waals surface area contributed by atoms with Crippen LogP contribution in [0.5, 0.6) is 32.8 Å². The minimum absolute atomic E-state index is 0. The average molecular weight is 1080 g/mol. The number of fused-ring (bicyclic) bond motifs is 3. The van der Waals surface area contributed by atoms with Crippen molar-refractivity contribution in [1.82, 2.24) is 30.6 Å². The Labute approximate surface area is 439 Å². The molecule has 0 saturated heterocycles. The summed E-state index contributed by atoms with van der Waals surface area (Å²) in [4.78, 5) is 35.1. The molecule has 0 bridgehead atoms. The molecule has 394 valence electrons. The topological polar surface area (TPSA) is 350 Å². The maximum atomic E-state index is 11.7. The maximum absolute atomic E-state index is 11.7. The number of nitrogens with two attached hydrogens (primary N) is 3. The van der Waals surface area contributed by atoms with E-state index in [2.05, 4.69) is 30.6 Å². The summed E-state index contributed by atoms with van der Waals surface area (Å²) in [6.07, 6.45) is -1.48. The molecular weight excluding hydrogens is 1020 g/mol. The van der Waals surface area contributed by atoms with Gasteiger partial charge < -0.3 is 74.7 Å². The van der Waals surface area contributed by atoms with E-state index in [0.717, 1.165) is 67.4 Å². The lowest BCUT2D eigenvalue weighted by Crippen LogP contribution is -2.28. The van der Waals surface area contributed by atoms with Crippen molar-refractivity contribution in [3.05, 3.63) is 69.8 Å². The van der Waals surface area contributed by atoms with E-state index in [4.69, 9.17) is 59.6 Å². The Hall–Kier alpha value is -6.50. The third kappa shape index (κ3) is 14.4. The number of hydrogen-bond donors (Lipinski definition) is 6. The smallest absolute Gasteiger partial charge is 0.466 e. The summed E-state index contributed by atoms with van der Waals surface area (Å²) in [6, 6.07) is 10.4. The van der Waals surface area contributed by atoms with Gasteiger partial charge in [0.05, 0.1) is 57.4 Å². The first kappa shape index (κ1) is 58.4. The second kappa shape index (κ2) is 26.1. The zero-order chi connectivity index (χ0) is 51.8. The zero-order valence-electron chi connectivity index (χ0n) is 39.6. The molecule has 0 radical (unpaired) electrons. The van der Waals surface area contributed by atoms with E-state index in [0.29, 0.717) is 84.4 Å². The molecule has 1 unspecified atom stereocenters. The van der Waals surface area contributed by atoms with Crippen molar-refractivity contribution >= 4 is 105 Å². The van der Waals surface area contributed by atoms with Crippen molar-refractivity contribution < 1.29 is 71.8 Å². The first-order valence-electron chi connectivity index (χ1n) is 22.1. The fraction of sp³-hybridized carbons (Fsp3) is 0.386. The van der Waals surface area contributed by atoms with Gasteiger partial charge >= 0.3 is 54.8 Å². The second-order valence-corrected chi connectivity index (χ2v) is 18.6. The molecule has 6 aromatic rings. The number of nitrogen functional groups attached to an aromatic ring is 3. The summed E-state index contributed by atoms with van der Waals surface area (Å²) in [7, 11) is -3.37. The number of aromatic nitrogens is 6. The molecule has 74 heavy (non-hydrogen) atoms. The lowest BCUT2D eigenvalue weighted by atomic mass is 9.77. The standard InChI is InChI=1S/3C14H16BN3O5S.2CH4/c3*1-3-21-11(19)6-10-12-7(2)4-8(5-9(12)15(20)23-10)22-14-18-17-13(16)24-14;;/h3*4-5,10,20H,3,6H2,1-2H3,(H2,16,17);2*1H4/t2*10-;;;/m10.../s1. The Kier molecular flexibility index (Phi) is 20.6. The Balaban J connectivity index is 0.000000203. The van der Waals surface area contributed by atoms with Crippen LogP contribution in [-0.2, 0) is 42.6 Å². The summed E-state index contributed by atoms with van der Waals surface area (Å²) in [5, 5.41) is 54.7. The molecule has 3 aliphatic heterocycles. The van der Waals surface area contributed by atoms with Gasteiger partial charge in [-0.2, -0.15) is 0 Å². The molecule has 24 nitrogen and oxygen atoms in total. The van der Waals surface area contributed by atoms with Crippen LogP contribution in [0.3, 0.4) is 0 Å². The summed E-state index contributed by atoms with van der Waals surface area (Å²) < 4.78 is 48.2. The van der Waals surface area contributed by atoms with Gasteiger partial charge in [-0.1, -0.05) is 30.1 Å². The number of nitrogens with zero attached hydrogens (tertiary/aromatic N) is 6. The number of esters is 3. The molecule has 0 aliphatic carbocycles. The van der Waals surface area contributed by atoms with E-state index >= 15 is 0 Å². The number of carbonyl (C=O) groups excluding carboxylic acids is 3. The van der Waals surface area contributed by atoms with E-state index < -0.39 is 39.7 Å². The van der Waals surface area contributed by atoms with Crippen molar-refractivity contribution in [1.29, 1.82) is 0 Å². The largest absolute Gasteiger partial charge is 0.492 e. The molecule has 6 heterocycles. The molecule has 9 rings (SSSR count). The molecule has 3 atom stereocenters. The lowest BCUT2D eigenvalue weighted by molar-refractivity contribution is -0.146. The monoisotopic (exact) mass is 1080 g/mol. The number of ether oxygens (including phenoxy) is 6. The van der Waals surface area contributed by atoms with Crippen LogP contribution in [0.15, 0.2) is 36.4 Å². The van der Waals surface area contributed by atoms with Gasteiger partial charge in [0.2, 0.25) is 15.4 Å². The van der Waals surface area contributed by atoms with Gasteiger partial charge in [0.1, 0.15) is 17.2 Å². The van der Waals surface area contributed by atoms with Gasteiger partial charge in [-0.3, -0.25) is 14.4 Å². The third-order valence-electron chi connectivity index (χ3n) is 10.7. The first-order chi connectivity index (χ1) is 34.4. The molecule has 9 N–H and O–H groups in total. The fourth-order valence-electron chi connectivity index (χ4n) is 8.03. The van der Waals surface area contributed by atoms with Crippen LogP contribution in [0.25, 0.3) is 0 Å². The van der Waals surface area contributed by atoms with Gasteiger partial charge in [-0.25, -0.2) is 0 Å². The van der Waals surface area contributed by atoms with Gasteiger partial charge in [0.15, 0.2) is 0 Å². The highest BCUT2D eigenvalue weighted by Gasteiger charge is 2.41. The van der Waals surface area contributed by atoms with E-state index in [9.17, 15) is 29.5 Å². The predicted octanol–water partition coefficient (Wildman–Crippen LogP) is 4.07. The average Bonchev–Trinajstić information content (AvgIpc) is 4.18. The van der Waals surface area contributed by atoms with Crippen LogP contribution in [0.4, 0.5) is 15.4 Å². The van der Waals surface area contributed by atoms with E-state index in [1.807, 2.05) is 20.8 Å². The number of benzene rings is 3. The molecule has 3 aromatic carbocycles. The molecule has 0 saturated carbocycles. The normalized spacial score (nSPS) is 15.7. The summed E-state index contributed by atoms with van der Waals surface area (Å²) >= 11 is 3.35. The highest BCUT2D eigenvalue weighted by atomic mass is 32.1. The van der Waals surface area contributed by atoms with Crippen LogP contribution in [-0.4, -0.2) is 105 Å². The van der Waals surface area contributed by atoms with Crippen molar-refractivity contribution in [2.45, 2.75) is 94.0 Å². The van der Waals surface area contributed by atoms with Crippen molar-refractivity contribution in [3.63, 3.8) is 0 Å². The summed E-state index contributed by atoms with van der Waals surface area (Å²) in [5.41, 5.74) is 23.1. The number of hydrogen-bond acceptors (Lipinski definition) is 27. The Morgan fingerprint density at radius 3 is 0.973 bits per heavy atom. The highest BCUT2D eigenvalue weighted by Crippen LogP contribution is 2.37. The minimum atomic E-state index is -1.12. The van der Waals surface area contributed by atoms with Crippen LogP contribution in [0, 0.1) is 20.8 Å². The number of aryl methyl sites for hydroxylation is 3. The van der Waals surface area contributed by atoms with Gasteiger partial charge in [0.25, 0.3) is 0 Å². The first-order valence-corrected chi connectivity index (χ1v) is 24.6. The van der Waals surface area contributed by atoms with Crippen molar-refractivity contribution in [2.24, 2.45) is 0 Å². The molecule has 30 heteroatoms. The minimum Gasteiger partial charge on any atom is -0.466 e. The van der Waals surface area contributed by atoms with Crippen LogP contribution in [0.1, 0.15) is 107 Å². The van der Waals surface area contributed by atoms with Crippen molar-refractivity contribution in [2.75, 3.05) is 37.0 Å². The molecular formula is C44H56B3N9O15S3. The molecule has 0 amide bonds. The van der Waals surface area contributed by atoms with Crippen molar-refractivity contribution in [3.8, 4) is 32.8 Å². The Bertz CT molecular complexity index is 2610. The van der Waals surface area contributed by atoms with Gasteiger partial charge in [-0.15, -0.1) is 15.3 Å². The quantitative estimate of drug-likeness (QED) is 0.0479. The zero-order valence-corrected chi connectivity index (χ0v) is 42.0. The second-order valence-electron chi connectivity index (χ2n) is 15.7. The summed E-state index contributed by atoms with van der Waals surface area (Å²) in [5.74, 6) is 0.357. The molecule has 3 aromatic heterocycles.